The van der Waals surface area contributed by atoms with Gasteiger partial charge in [-0.1, -0.05) is 54.6 Å². The van der Waals surface area contributed by atoms with Gasteiger partial charge in [-0.05, 0) is 54.1 Å². The molecule has 134 valence electrons. The van der Waals surface area contributed by atoms with Crippen LogP contribution < -0.4 is 28.3 Å². The predicted octanol–water partition coefficient (Wildman–Crippen LogP) is 1.58. The van der Waals surface area contributed by atoms with Gasteiger partial charge >= 0.3 is 0 Å². The standard InChI is InChI=1S/C24H21NP.ClH/c1-4-10-22(11-5-1)26(23-12-6-2-7-13-23,24-14-8-3-9-15-24)20-21-16-18-25-19-17-21;/h1-19H,20H2;1H/q+1;/p-1. The maximum Gasteiger partial charge on any atom is 0.116 e. The molecule has 27 heavy (non-hydrogen) atoms. The normalized spacial score (nSPS) is 10.8. The summed E-state index contributed by atoms with van der Waals surface area (Å²) in [6.45, 7) is 0. The Morgan fingerprint density at radius 2 is 0.889 bits per heavy atom. The lowest BCUT2D eigenvalue weighted by Crippen LogP contribution is -3.00. The van der Waals surface area contributed by atoms with Gasteiger partial charge in [0.25, 0.3) is 0 Å². The average Bonchev–Trinajstić information content (AvgIpc) is 2.75. The fourth-order valence-corrected chi connectivity index (χ4v) is 7.77. The predicted molar refractivity (Wildman–Crippen MR) is 113 cm³/mol. The minimum Gasteiger partial charge on any atom is -1.00 e. The number of benzene rings is 3. The molecular weight excluding hydrogens is 369 g/mol. The molecule has 0 atom stereocenters. The van der Waals surface area contributed by atoms with E-state index in [1.165, 1.54) is 21.5 Å². The number of pyridine rings is 1. The van der Waals surface area contributed by atoms with Crippen molar-refractivity contribution >= 4 is 23.2 Å². The minimum absolute atomic E-state index is 0. The van der Waals surface area contributed by atoms with E-state index in [0.29, 0.717) is 0 Å². The third kappa shape index (κ3) is 3.95. The summed E-state index contributed by atoms with van der Waals surface area (Å²) < 4.78 is 0. The first-order valence-electron chi connectivity index (χ1n) is 8.83. The van der Waals surface area contributed by atoms with Gasteiger partial charge in [0.1, 0.15) is 23.2 Å². The first-order chi connectivity index (χ1) is 12.9. The second kappa shape index (κ2) is 8.95. The Hall–Kier alpha value is -2.47. The zero-order valence-electron chi connectivity index (χ0n) is 14.9. The SMILES string of the molecule is [Cl-].c1ccc([P+](Cc2ccncc2)(c2ccccc2)c2ccccc2)cc1. The summed E-state index contributed by atoms with van der Waals surface area (Å²) in [5.74, 6) is 0. The van der Waals surface area contributed by atoms with E-state index in [0.717, 1.165) is 6.16 Å². The molecule has 0 saturated carbocycles. The fraction of sp³-hybridized carbons (Fsp3) is 0.0417. The molecule has 0 amide bonds. The number of aromatic nitrogens is 1. The van der Waals surface area contributed by atoms with Crippen molar-refractivity contribution in [2.75, 3.05) is 0 Å². The molecule has 0 N–H and O–H groups in total. The molecule has 1 nitrogen and oxygen atoms in total. The van der Waals surface area contributed by atoms with Gasteiger partial charge in [0.15, 0.2) is 0 Å². The van der Waals surface area contributed by atoms with Crippen LogP contribution in [0.15, 0.2) is 116 Å². The zero-order valence-corrected chi connectivity index (χ0v) is 16.6. The van der Waals surface area contributed by atoms with Gasteiger partial charge in [0.05, 0.1) is 6.16 Å². The first kappa shape index (κ1) is 19.3. The lowest BCUT2D eigenvalue weighted by Gasteiger charge is -2.27. The van der Waals surface area contributed by atoms with Gasteiger partial charge in [0, 0.05) is 12.4 Å². The largest absolute Gasteiger partial charge is 1.00 e. The maximum atomic E-state index is 4.21. The van der Waals surface area contributed by atoms with Crippen molar-refractivity contribution in [3.8, 4) is 0 Å². The monoisotopic (exact) mass is 389 g/mol. The molecule has 0 saturated heterocycles. The number of hydrogen-bond donors (Lipinski definition) is 0. The quantitative estimate of drug-likeness (QED) is 0.472. The molecule has 0 spiro atoms. The molecule has 0 unspecified atom stereocenters. The Balaban J connectivity index is 0.00000210. The number of halogens is 1. The van der Waals surface area contributed by atoms with Crippen molar-refractivity contribution < 1.29 is 12.4 Å². The van der Waals surface area contributed by atoms with Crippen molar-refractivity contribution in [3.63, 3.8) is 0 Å². The summed E-state index contributed by atoms with van der Waals surface area (Å²) in [4.78, 5) is 4.21. The highest BCUT2D eigenvalue weighted by Crippen LogP contribution is 2.57. The third-order valence-electron chi connectivity index (χ3n) is 4.76. The van der Waals surface area contributed by atoms with E-state index in [1.54, 1.807) is 0 Å². The van der Waals surface area contributed by atoms with Gasteiger partial charge in [-0.2, -0.15) is 0 Å². The molecule has 4 rings (SSSR count). The van der Waals surface area contributed by atoms with Crippen LogP contribution in [-0.2, 0) is 6.16 Å². The van der Waals surface area contributed by atoms with Crippen LogP contribution >= 0.6 is 7.26 Å². The van der Waals surface area contributed by atoms with E-state index in [2.05, 4.69) is 108 Å². The Kier molecular flexibility index (Phi) is 6.40. The van der Waals surface area contributed by atoms with E-state index in [-0.39, 0.29) is 12.4 Å². The Morgan fingerprint density at radius 3 is 1.26 bits per heavy atom. The molecule has 0 radical (unpaired) electrons. The minimum atomic E-state index is -1.80. The lowest BCUT2D eigenvalue weighted by molar-refractivity contribution is -0.00000511. The highest BCUT2D eigenvalue weighted by molar-refractivity contribution is 7.95. The highest BCUT2D eigenvalue weighted by atomic mass is 35.5. The summed E-state index contributed by atoms with van der Waals surface area (Å²) in [5, 5.41) is 4.23. The number of nitrogens with zero attached hydrogens (tertiary/aromatic N) is 1. The van der Waals surface area contributed by atoms with Crippen LogP contribution in [-0.4, -0.2) is 4.98 Å². The van der Waals surface area contributed by atoms with Crippen LogP contribution in [0.5, 0.6) is 0 Å². The van der Waals surface area contributed by atoms with Crippen LogP contribution in [0.1, 0.15) is 5.56 Å². The summed E-state index contributed by atoms with van der Waals surface area (Å²) >= 11 is 0. The highest BCUT2D eigenvalue weighted by Gasteiger charge is 2.45. The second-order valence-electron chi connectivity index (χ2n) is 6.33. The molecule has 0 bridgehead atoms. The van der Waals surface area contributed by atoms with Gasteiger partial charge in [0.2, 0.25) is 0 Å². The Morgan fingerprint density at radius 1 is 0.519 bits per heavy atom. The molecule has 3 heteroatoms. The number of rotatable bonds is 5. The maximum absolute atomic E-state index is 4.21. The van der Waals surface area contributed by atoms with Crippen LogP contribution in [0, 0.1) is 0 Å². The van der Waals surface area contributed by atoms with Crippen LogP contribution in [0.2, 0.25) is 0 Å². The van der Waals surface area contributed by atoms with Crippen molar-refractivity contribution in [2.24, 2.45) is 0 Å². The Labute approximate surface area is 167 Å². The van der Waals surface area contributed by atoms with Gasteiger partial charge in [-0.25, -0.2) is 0 Å². The van der Waals surface area contributed by atoms with Gasteiger partial charge in [-0.15, -0.1) is 0 Å². The second-order valence-corrected chi connectivity index (χ2v) is 9.81. The van der Waals surface area contributed by atoms with Gasteiger partial charge in [-0.3, -0.25) is 4.98 Å². The molecule has 0 aliphatic carbocycles. The van der Waals surface area contributed by atoms with Crippen molar-refractivity contribution in [1.29, 1.82) is 0 Å². The van der Waals surface area contributed by atoms with E-state index >= 15 is 0 Å². The molecule has 0 aliphatic heterocycles. The van der Waals surface area contributed by atoms with Crippen molar-refractivity contribution in [1.82, 2.24) is 4.98 Å². The molecule has 0 aliphatic rings. The van der Waals surface area contributed by atoms with E-state index in [1.807, 2.05) is 12.4 Å². The van der Waals surface area contributed by atoms with E-state index < -0.39 is 7.26 Å². The summed E-state index contributed by atoms with van der Waals surface area (Å²) in [6, 6.07) is 37.2. The molecule has 4 aromatic rings. The topological polar surface area (TPSA) is 12.9 Å². The smallest absolute Gasteiger partial charge is 0.116 e. The molecular formula is C24H21ClNP. The Bertz CT molecular complexity index is 848. The summed E-state index contributed by atoms with van der Waals surface area (Å²) in [6.07, 6.45) is 4.78. The number of hydrogen-bond acceptors (Lipinski definition) is 1. The third-order valence-corrected chi connectivity index (χ3v) is 9.14. The molecule has 1 aromatic heterocycles. The first-order valence-corrected chi connectivity index (χ1v) is 10.8. The molecule has 0 fully saturated rings. The fourth-order valence-electron chi connectivity index (χ4n) is 3.53. The van der Waals surface area contributed by atoms with E-state index in [9.17, 15) is 0 Å². The van der Waals surface area contributed by atoms with Crippen molar-refractivity contribution in [3.05, 3.63) is 121 Å². The van der Waals surface area contributed by atoms with Crippen LogP contribution in [0.25, 0.3) is 0 Å². The van der Waals surface area contributed by atoms with Crippen molar-refractivity contribution in [2.45, 2.75) is 6.16 Å². The average molecular weight is 390 g/mol. The van der Waals surface area contributed by atoms with Crippen LogP contribution in [0.4, 0.5) is 0 Å². The summed E-state index contributed by atoms with van der Waals surface area (Å²) in [7, 11) is -1.80. The zero-order chi connectivity index (χ0) is 17.7. The van der Waals surface area contributed by atoms with Gasteiger partial charge < -0.3 is 12.4 Å². The van der Waals surface area contributed by atoms with E-state index in [4.69, 9.17) is 0 Å². The summed E-state index contributed by atoms with van der Waals surface area (Å²) in [5.41, 5.74) is 1.32. The molecule has 3 aromatic carbocycles. The molecule has 1 heterocycles. The van der Waals surface area contributed by atoms with Crippen LogP contribution in [0.3, 0.4) is 0 Å². The lowest BCUT2D eigenvalue weighted by atomic mass is 10.3.